The van der Waals surface area contributed by atoms with Crippen LogP contribution in [0.3, 0.4) is 0 Å². The summed E-state index contributed by atoms with van der Waals surface area (Å²) in [4.78, 5) is 22.5. The number of halogens is 1. The maximum atomic E-state index is 10.8. The van der Waals surface area contributed by atoms with E-state index in [0.717, 1.165) is 3.57 Å². The number of rotatable bonds is 4. The Labute approximate surface area is 106 Å². The first-order valence-electron chi connectivity index (χ1n) is 4.35. The largest absolute Gasteiger partial charge is 0.368 e. The van der Waals surface area contributed by atoms with Crippen LogP contribution in [0.4, 0.5) is 11.4 Å². The first kappa shape index (κ1) is 12.7. The van der Waals surface area contributed by atoms with Gasteiger partial charge in [0.15, 0.2) is 0 Å². The fraction of sp³-hybridized carbons (Fsp3) is 0.222. The van der Waals surface area contributed by atoms with E-state index in [1.54, 1.807) is 19.2 Å². The van der Waals surface area contributed by atoms with E-state index in [1.165, 1.54) is 11.0 Å². The Bertz CT molecular complexity index is 436. The zero-order valence-corrected chi connectivity index (χ0v) is 10.7. The molecule has 1 amide bonds. The van der Waals surface area contributed by atoms with E-state index in [4.69, 9.17) is 5.73 Å². The number of carbonyl (C=O) groups is 1. The van der Waals surface area contributed by atoms with Crippen molar-refractivity contribution in [3.8, 4) is 0 Å². The molecule has 0 aliphatic carbocycles. The summed E-state index contributed by atoms with van der Waals surface area (Å²) in [6.07, 6.45) is 0. The molecule has 0 radical (unpaired) electrons. The lowest BCUT2D eigenvalue weighted by atomic mass is 10.2. The summed E-state index contributed by atoms with van der Waals surface area (Å²) in [5, 5.41) is 10.8. The quantitative estimate of drug-likeness (QED) is 0.507. The van der Waals surface area contributed by atoms with Gasteiger partial charge in [0.2, 0.25) is 5.91 Å². The lowest BCUT2D eigenvalue weighted by Crippen LogP contribution is -2.30. The molecule has 0 saturated carbocycles. The number of hydrogen-bond donors (Lipinski definition) is 1. The Morgan fingerprint density at radius 3 is 2.75 bits per heavy atom. The molecule has 1 rings (SSSR count). The first-order valence-corrected chi connectivity index (χ1v) is 5.43. The van der Waals surface area contributed by atoms with Gasteiger partial charge >= 0.3 is 0 Å². The summed E-state index contributed by atoms with van der Waals surface area (Å²) >= 11 is 1.99. The van der Waals surface area contributed by atoms with Crippen LogP contribution in [0.15, 0.2) is 18.2 Å². The molecule has 1 aromatic carbocycles. The summed E-state index contributed by atoms with van der Waals surface area (Å²) in [6, 6.07) is 4.79. The molecule has 0 unspecified atom stereocenters. The molecular formula is C9H10IN3O3. The third-order valence-electron chi connectivity index (χ3n) is 1.94. The van der Waals surface area contributed by atoms with Crippen LogP contribution >= 0.6 is 22.6 Å². The van der Waals surface area contributed by atoms with E-state index >= 15 is 0 Å². The van der Waals surface area contributed by atoms with E-state index < -0.39 is 10.8 Å². The number of nitrogens with zero attached hydrogens (tertiary/aromatic N) is 2. The fourth-order valence-corrected chi connectivity index (χ4v) is 1.76. The minimum Gasteiger partial charge on any atom is -0.368 e. The molecule has 1 aromatic rings. The monoisotopic (exact) mass is 335 g/mol. The summed E-state index contributed by atoms with van der Waals surface area (Å²) in [5.74, 6) is -0.532. The Kier molecular flexibility index (Phi) is 4.05. The normalized spacial score (nSPS) is 9.88. The van der Waals surface area contributed by atoms with Crippen molar-refractivity contribution in [1.82, 2.24) is 0 Å². The van der Waals surface area contributed by atoms with Gasteiger partial charge in [-0.3, -0.25) is 14.9 Å². The van der Waals surface area contributed by atoms with Gasteiger partial charge < -0.3 is 10.6 Å². The third kappa shape index (κ3) is 3.05. The van der Waals surface area contributed by atoms with Crippen molar-refractivity contribution in [2.45, 2.75) is 0 Å². The number of primary amides is 1. The number of amides is 1. The van der Waals surface area contributed by atoms with Crippen LogP contribution in [0.2, 0.25) is 0 Å². The van der Waals surface area contributed by atoms with Gasteiger partial charge in [-0.05, 0) is 34.7 Å². The highest BCUT2D eigenvalue weighted by molar-refractivity contribution is 14.1. The van der Waals surface area contributed by atoms with Crippen LogP contribution in [-0.4, -0.2) is 24.4 Å². The van der Waals surface area contributed by atoms with Crippen molar-refractivity contribution in [3.63, 3.8) is 0 Å². The van der Waals surface area contributed by atoms with E-state index in [1.807, 2.05) is 22.6 Å². The maximum absolute atomic E-state index is 10.8. The Balaban J connectivity index is 3.12. The van der Waals surface area contributed by atoms with Crippen molar-refractivity contribution < 1.29 is 9.72 Å². The fourth-order valence-electron chi connectivity index (χ4n) is 1.28. The second-order valence-corrected chi connectivity index (χ2v) is 4.46. The number of nitro benzene ring substituents is 1. The molecular weight excluding hydrogens is 325 g/mol. The molecule has 7 heteroatoms. The Hall–Kier alpha value is -1.38. The second kappa shape index (κ2) is 5.10. The first-order chi connectivity index (χ1) is 7.41. The average Bonchev–Trinajstić information content (AvgIpc) is 2.16. The molecule has 2 N–H and O–H groups in total. The van der Waals surface area contributed by atoms with Gasteiger partial charge in [0.25, 0.3) is 5.69 Å². The number of carbonyl (C=O) groups excluding carboxylic acids is 1. The number of nitro groups is 1. The molecule has 0 bridgehead atoms. The second-order valence-electron chi connectivity index (χ2n) is 3.21. The van der Waals surface area contributed by atoms with Crippen LogP contribution in [0, 0.1) is 13.7 Å². The number of hydrogen-bond acceptors (Lipinski definition) is 4. The number of benzene rings is 1. The zero-order chi connectivity index (χ0) is 12.3. The maximum Gasteiger partial charge on any atom is 0.293 e. The highest BCUT2D eigenvalue weighted by atomic mass is 127. The molecule has 16 heavy (non-hydrogen) atoms. The van der Waals surface area contributed by atoms with E-state index in [9.17, 15) is 14.9 Å². The molecule has 0 aromatic heterocycles. The van der Waals surface area contributed by atoms with Gasteiger partial charge in [-0.15, -0.1) is 0 Å². The number of nitrogens with two attached hydrogens (primary N) is 1. The summed E-state index contributed by atoms with van der Waals surface area (Å²) < 4.78 is 0.764. The minimum absolute atomic E-state index is 0.0318. The topological polar surface area (TPSA) is 89.5 Å². The molecule has 6 nitrogen and oxygen atoms in total. The molecule has 0 aliphatic rings. The minimum atomic E-state index is -0.532. The average molecular weight is 335 g/mol. The van der Waals surface area contributed by atoms with Gasteiger partial charge in [-0.1, -0.05) is 0 Å². The lowest BCUT2D eigenvalue weighted by molar-refractivity contribution is -0.384. The van der Waals surface area contributed by atoms with Crippen LogP contribution in [0.5, 0.6) is 0 Å². The molecule has 0 spiro atoms. The molecule has 86 valence electrons. The van der Waals surface area contributed by atoms with Crippen molar-refractivity contribution in [3.05, 3.63) is 31.9 Å². The van der Waals surface area contributed by atoms with Crippen molar-refractivity contribution in [1.29, 1.82) is 0 Å². The lowest BCUT2D eigenvalue weighted by Gasteiger charge is -2.17. The summed E-state index contributed by atoms with van der Waals surface area (Å²) in [6.45, 7) is -0.0541. The summed E-state index contributed by atoms with van der Waals surface area (Å²) in [7, 11) is 1.58. The predicted octanol–water partition coefficient (Wildman–Crippen LogP) is 1.12. The van der Waals surface area contributed by atoms with E-state index in [2.05, 4.69) is 0 Å². The smallest absolute Gasteiger partial charge is 0.293 e. The molecule has 0 aliphatic heterocycles. The van der Waals surface area contributed by atoms with Crippen molar-refractivity contribution >= 4 is 39.9 Å². The Morgan fingerprint density at radius 2 is 2.25 bits per heavy atom. The third-order valence-corrected chi connectivity index (χ3v) is 2.61. The van der Waals surface area contributed by atoms with Gasteiger partial charge in [0, 0.05) is 16.7 Å². The van der Waals surface area contributed by atoms with Gasteiger partial charge in [-0.25, -0.2) is 0 Å². The van der Waals surface area contributed by atoms with Crippen LogP contribution in [0.1, 0.15) is 0 Å². The number of likely N-dealkylation sites (N-methyl/N-ethyl adjacent to an activating group) is 1. The van der Waals surface area contributed by atoms with Crippen LogP contribution in [0.25, 0.3) is 0 Å². The van der Waals surface area contributed by atoms with E-state index in [-0.39, 0.29) is 12.2 Å². The van der Waals surface area contributed by atoms with Gasteiger partial charge in [0.1, 0.15) is 5.69 Å². The zero-order valence-electron chi connectivity index (χ0n) is 8.51. The van der Waals surface area contributed by atoms with Gasteiger partial charge in [-0.2, -0.15) is 0 Å². The van der Waals surface area contributed by atoms with Crippen molar-refractivity contribution in [2.24, 2.45) is 5.73 Å². The van der Waals surface area contributed by atoms with Crippen LogP contribution < -0.4 is 10.6 Å². The van der Waals surface area contributed by atoms with Gasteiger partial charge in [0.05, 0.1) is 11.5 Å². The van der Waals surface area contributed by atoms with Crippen molar-refractivity contribution in [2.75, 3.05) is 18.5 Å². The standard InChI is InChI=1S/C9H10IN3O3/c1-12(5-9(11)14)7-3-2-6(10)4-8(7)13(15)16/h2-4H,5H2,1H3,(H2,11,14). The molecule has 0 atom stereocenters. The molecule has 0 fully saturated rings. The highest BCUT2D eigenvalue weighted by Gasteiger charge is 2.18. The summed E-state index contributed by atoms with van der Waals surface area (Å²) in [5.41, 5.74) is 5.38. The number of anilines is 1. The predicted molar refractivity (Wildman–Crippen MR) is 68.3 cm³/mol. The Morgan fingerprint density at radius 1 is 1.62 bits per heavy atom. The van der Waals surface area contributed by atoms with Crippen LogP contribution in [-0.2, 0) is 4.79 Å². The molecule has 0 saturated heterocycles. The highest BCUT2D eigenvalue weighted by Crippen LogP contribution is 2.28. The van der Waals surface area contributed by atoms with E-state index in [0.29, 0.717) is 5.69 Å². The molecule has 0 heterocycles. The SMILES string of the molecule is CN(CC(N)=O)c1ccc(I)cc1[N+](=O)[O-].